The van der Waals surface area contributed by atoms with E-state index in [-0.39, 0.29) is 13.2 Å². The van der Waals surface area contributed by atoms with Gasteiger partial charge in [-0.05, 0) is 58.9 Å². The number of aliphatic hydroxyl groups is 1. The second-order valence-corrected chi connectivity index (χ2v) is 27.9. The number of ether oxygens (including phenoxy) is 7. The fourth-order valence-corrected chi connectivity index (χ4v) is 8.42. The standard InChI is InChI=1S/C29H54O15Si3/c1-16(30)35-14-21-23(42-45(5,6)7)25(43-46(8,9)10)27(44-47(11,12)13)29(41-21)36-15-20-22(37-17(2)31)24(38-18(3)32)26(28(34)40-20)39-19(4)33/h20-29,34H,14-15H2,1-13H3/t20-,21-,22-,23+,24+,25+,26-,27-,28?,29+/m1/s1. The summed E-state index contributed by atoms with van der Waals surface area (Å²) < 4.78 is 60.0. The number of esters is 4. The number of hydrogen-bond donors (Lipinski definition) is 1. The van der Waals surface area contributed by atoms with Crippen LogP contribution in [-0.4, -0.2) is 129 Å². The number of carbonyl (C=O) groups excluding carboxylic acids is 4. The van der Waals surface area contributed by atoms with Crippen molar-refractivity contribution in [3.8, 4) is 0 Å². The molecule has 0 aromatic heterocycles. The first kappa shape index (κ1) is 41.4. The fraction of sp³-hybridized carbons (Fsp3) is 0.862. The van der Waals surface area contributed by atoms with E-state index >= 15 is 0 Å². The zero-order chi connectivity index (χ0) is 36.1. The third kappa shape index (κ3) is 13.9. The minimum absolute atomic E-state index is 0.150. The molecule has 0 spiro atoms. The van der Waals surface area contributed by atoms with E-state index in [0.717, 1.165) is 20.8 Å². The van der Waals surface area contributed by atoms with Gasteiger partial charge in [-0.25, -0.2) is 0 Å². The lowest BCUT2D eigenvalue weighted by atomic mass is 9.97. The number of rotatable bonds is 14. The predicted octanol–water partition coefficient (Wildman–Crippen LogP) is 2.46. The predicted molar refractivity (Wildman–Crippen MR) is 173 cm³/mol. The lowest BCUT2D eigenvalue weighted by Gasteiger charge is -2.50. The van der Waals surface area contributed by atoms with Crippen LogP contribution in [0.2, 0.25) is 58.9 Å². The van der Waals surface area contributed by atoms with Crippen molar-refractivity contribution in [2.75, 3.05) is 13.2 Å². The summed E-state index contributed by atoms with van der Waals surface area (Å²) in [6.45, 7) is 22.4. The van der Waals surface area contributed by atoms with E-state index in [4.69, 9.17) is 46.4 Å². The van der Waals surface area contributed by atoms with Crippen molar-refractivity contribution in [3.63, 3.8) is 0 Å². The maximum absolute atomic E-state index is 12.2. The van der Waals surface area contributed by atoms with Crippen LogP contribution in [0, 0.1) is 0 Å². The Labute approximate surface area is 280 Å². The molecule has 2 saturated heterocycles. The first-order chi connectivity index (χ1) is 21.4. The molecule has 15 nitrogen and oxygen atoms in total. The molecule has 47 heavy (non-hydrogen) atoms. The van der Waals surface area contributed by atoms with Crippen molar-refractivity contribution < 1.29 is 70.7 Å². The van der Waals surface area contributed by atoms with Crippen molar-refractivity contribution in [1.82, 2.24) is 0 Å². The van der Waals surface area contributed by atoms with E-state index in [1.807, 2.05) is 58.9 Å². The highest BCUT2D eigenvalue weighted by molar-refractivity contribution is 6.70. The normalized spacial score (nSPS) is 31.9. The van der Waals surface area contributed by atoms with E-state index < -0.39 is 110 Å². The minimum Gasteiger partial charge on any atom is -0.463 e. The van der Waals surface area contributed by atoms with Crippen LogP contribution in [-0.2, 0) is 65.6 Å². The van der Waals surface area contributed by atoms with Gasteiger partial charge in [-0.3, -0.25) is 19.2 Å². The monoisotopic (exact) mass is 726 g/mol. The molecule has 272 valence electrons. The van der Waals surface area contributed by atoms with Crippen LogP contribution >= 0.6 is 0 Å². The molecule has 0 aromatic carbocycles. The Kier molecular flexibility index (Phi) is 14.8. The Morgan fingerprint density at radius 2 is 0.957 bits per heavy atom. The zero-order valence-electron chi connectivity index (χ0n) is 29.9. The van der Waals surface area contributed by atoms with Gasteiger partial charge in [0.05, 0.1) is 6.61 Å². The van der Waals surface area contributed by atoms with Crippen molar-refractivity contribution in [1.29, 1.82) is 0 Å². The minimum atomic E-state index is -2.32. The van der Waals surface area contributed by atoms with Gasteiger partial charge in [-0.2, -0.15) is 0 Å². The van der Waals surface area contributed by atoms with Crippen LogP contribution in [0.1, 0.15) is 27.7 Å². The van der Waals surface area contributed by atoms with Gasteiger partial charge in [0, 0.05) is 27.7 Å². The summed E-state index contributed by atoms with van der Waals surface area (Å²) in [5, 5.41) is 10.8. The van der Waals surface area contributed by atoms with Crippen LogP contribution < -0.4 is 0 Å². The summed E-state index contributed by atoms with van der Waals surface area (Å²) in [4.78, 5) is 47.9. The molecule has 1 N–H and O–H groups in total. The highest BCUT2D eigenvalue weighted by Gasteiger charge is 2.55. The summed E-state index contributed by atoms with van der Waals surface area (Å²) in [6, 6.07) is 0. The molecule has 0 aliphatic carbocycles. The van der Waals surface area contributed by atoms with E-state index in [2.05, 4.69) is 0 Å². The summed E-state index contributed by atoms with van der Waals surface area (Å²) in [6.07, 6.45) is -11.4. The highest BCUT2D eigenvalue weighted by Crippen LogP contribution is 2.35. The van der Waals surface area contributed by atoms with E-state index in [9.17, 15) is 24.3 Å². The van der Waals surface area contributed by atoms with Gasteiger partial charge in [0.15, 0.2) is 55.8 Å². The molecule has 10 atom stereocenters. The van der Waals surface area contributed by atoms with Crippen LogP contribution in [0.4, 0.5) is 0 Å². The average molecular weight is 727 g/mol. The molecule has 1 unspecified atom stereocenters. The van der Waals surface area contributed by atoms with Gasteiger partial charge >= 0.3 is 23.9 Å². The topological polar surface area (TPSA) is 181 Å². The second-order valence-electron chi connectivity index (χ2n) is 14.6. The molecule has 2 heterocycles. The Morgan fingerprint density at radius 1 is 0.532 bits per heavy atom. The molecule has 2 aliphatic heterocycles. The molecular weight excluding hydrogens is 673 g/mol. The molecule has 2 aliphatic rings. The Morgan fingerprint density at radius 3 is 1.43 bits per heavy atom. The van der Waals surface area contributed by atoms with E-state index in [1.165, 1.54) is 6.92 Å². The summed E-state index contributed by atoms with van der Waals surface area (Å²) in [5.41, 5.74) is 0. The van der Waals surface area contributed by atoms with Crippen LogP contribution in [0.25, 0.3) is 0 Å². The molecule has 2 fully saturated rings. The number of carbonyl (C=O) groups is 4. The molecule has 0 amide bonds. The lowest BCUT2D eigenvalue weighted by molar-refractivity contribution is -0.323. The van der Waals surface area contributed by atoms with Crippen molar-refractivity contribution in [2.45, 2.75) is 148 Å². The average Bonchev–Trinajstić information content (AvgIpc) is 2.85. The molecule has 0 aromatic rings. The first-order valence-corrected chi connectivity index (χ1v) is 25.9. The maximum atomic E-state index is 12.2. The third-order valence-corrected chi connectivity index (χ3v) is 9.39. The fourth-order valence-electron chi connectivity index (χ4n) is 5.17. The quantitative estimate of drug-likeness (QED) is 0.157. The van der Waals surface area contributed by atoms with E-state index in [0.29, 0.717) is 0 Å². The van der Waals surface area contributed by atoms with Crippen molar-refractivity contribution >= 4 is 48.8 Å². The Hall–Kier alpha value is -1.75. The molecule has 0 radical (unpaired) electrons. The zero-order valence-corrected chi connectivity index (χ0v) is 32.9. The Balaban J connectivity index is 2.56. The molecule has 2 rings (SSSR count). The van der Waals surface area contributed by atoms with Crippen LogP contribution in [0.5, 0.6) is 0 Å². The van der Waals surface area contributed by atoms with Crippen LogP contribution in [0.3, 0.4) is 0 Å². The highest BCUT2D eigenvalue weighted by atomic mass is 28.4. The van der Waals surface area contributed by atoms with E-state index in [1.54, 1.807) is 0 Å². The summed E-state index contributed by atoms with van der Waals surface area (Å²) in [5.74, 6) is -2.81. The molecule has 0 bridgehead atoms. The van der Waals surface area contributed by atoms with Gasteiger partial charge in [-0.15, -0.1) is 0 Å². The molecular formula is C29H54O15Si3. The van der Waals surface area contributed by atoms with Crippen molar-refractivity contribution in [3.05, 3.63) is 0 Å². The maximum Gasteiger partial charge on any atom is 0.303 e. The second kappa shape index (κ2) is 16.8. The van der Waals surface area contributed by atoms with Gasteiger partial charge < -0.3 is 51.5 Å². The third-order valence-electron chi connectivity index (χ3n) is 6.45. The van der Waals surface area contributed by atoms with Gasteiger partial charge in [0.1, 0.15) is 37.1 Å². The summed E-state index contributed by atoms with van der Waals surface area (Å²) >= 11 is 0. The van der Waals surface area contributed by atoms with Crippen LogP contribution in [0.15, 0.2) is 0 Å². The van der Waals surface area contributed by atoms with Gasteiger partial charge in [0.25, 0.3) is 0 Å². The van der Waals surface area contributed by atoms with Crippen molar-refractivity contribution in [2.24, 2.45) is 0 Å². The smallest absolute Gasteiger partial charge is 0.303 e. The molecule has 18 heteroatoms. The summed E-state index contributed by atoms with van der Waals surface area (Å²) in [7, 11) is -6.83. The van der Waals surface area contributed by atoms with Gasteiger partial charge in [-0.1, -0.05) is 0 Å². The number of aliphatic hydroxyl groups excluding tert-OH is 1. The first-order valence-electron chi connectivity index (χ1n) is 15.7. The lowest BCUT2D eigenvalue weighted by Crippen LogP contribution is -2.67. The SMILES string of the molecule is CC(=O)OC[C@H]1O[C@H](OC[C@H]2OC(O)[C@H](OC(C)=O)[C@@H](OC(C)=O)[C@@H]2OC(C)=O)[C@H](O[Si](C)(C)C)[C@@H](O[Si](C)(C)C)[C@H]1O[Si](C)(C)C. The largest absolute Gasteiger partial charge is 0.463 e. The number of hydrogen-bond acceptors (Lipinski definition) is 15. The Bertz CT molecular complexity index is 1090. The molecule has 0 saturated carbocycles. The van der Waals surface area contributed by atoms with Gasteiger partial charge in [0.2, 0.25) is 0 Å².